The van der Waals surface area contributed by atoms with Crippen LogP contribution >= 0.6 is 15.8 Å². The van der Waals surface area contributed by atoms with E-state index in [1.165, 1.54) is 63.4 Å². The minimum atomic E-state index is -4.29. The predicted octanol–water partition coefficient (Wildman–Crippen LogP) is 12.0. The van der Waals surface area contributed by atoms with Gasteiger partial charge >= 0.3 is 356 Å². The fraction of sp³-hybridized carbons (Fsp3) is 0. The Kier molecular flexibility index (Phi) is 11.8. The van der Waals surface area contributed by atoms with E-state index in [0.717, 1.165) is 0 Å². The Hall–Kier alpha value is -6.24. The van der Waals surface area contributed by atoms with E-state index in [9.17, 15) is 0 Å². The van der Waals surface area contributed by atoms with Gasteiger partial charge in [0.15, 0.2) is 0 Å². The zero-order chi connectivity index (χ0) is 39.7. The van der Waals surface area contributed by atoms with Gasteiger partial charge in [0.2, 0.25) is 0 Å². The van der Waals surface area contributed by atoms with Gasteiger partial charge in [-0.25, -0.2) is 0 Å². The van der Waals surface area contributed by atoms with Gasteiger partial charge in [-0.05, 0) is 0 Å². The molecule has 0 atom stereocenters. The standard InChI is InChI=1S/C56H40GeP2/c1-9-25-45(26-10-1)53-54(46-27-11-2-12-28-46)56(48-31-15-4-16-32-48)57(55(53)47-29-13-3-14-30-47,41-43-58(49-33-17-5-18-34-49)50-35-19-6-20-36-50)42-44-59(51-37-21-7-22-38-51)52-39-23-8-24-40-52/h1-40H. The number of allylic oxidation sites excluding steroid dienone is 2. The molecule has 1 aliphatic heterocycles. The van der Waals surface area contributed by atoms with Gasteiger partial charge in [0.05, 0.1) is 0 Å². The third kappa shape index (κ3) is 8.10. The summed E-state index contributed by atoms with van der Waals surface area (Å²) in [4.78, 5) is 0. The zero-order valence-electron chi connectivity index (χ0n) is 32.5. The van der Waals surface area contributed by atoms with Crippen LogP contribution in [0.4, 0.5) is 0 Å². The van der Waals surface area contributed by atoms with Crippen molar-refractivity contribution in [3.05, 3.63) is 265 Å². The van der Waals surface area contributed by atoms with Gasteiger partial charge < -0.3 is 0 Å². The van der Waals surface area contributed by atoms with Crippen LogP contribution in [-0.2, 0) is 0 Å². The Morgan fingerprint density at radius 2 is 0.475 bits per heavy atom. The quantitative estimate of drug-likeness (QED) is 0.0812. The van der Waals surface area contributed by atoms with Crippen LogP contribution in [-0.4, -0.2) is 13.3 Å². The second kappa shape index (κ2) is 18.1. The van der Waals surface area contributed by atoms with Gasteiger partial charge in [0.1, 0.15) is 0 Å². The van der Waals surface area contributed by atoms with Crippen molar-refractivity contribution in [3.8, 4) is 20.8 Å². The number of hydrogen-bond acceptors (Lipinski definition) is 0. The molecule has 0 radical (unpaired) electrons. The van der Waals surface area contributed by atoms with Crippen LogP contribution in [0.25, 0.3) is 20.0 Å². The predicted molar refractivity (Wildman–Crippen MR) is 259 cm³/mol. The third-order valence-corrected chi connectivity index (χ3v) is 22.8. The van der Waals surface area contributed by atoms with E-state index in [0.29, 0.717) is 0 Å². The fourth-order valence-corrected chi connectivity index (χ4v) is 21.9. The first-order valence-corrected chi connectivity index (χ1v) is 26.8. The summed E-state index contributed by atoms with van der Waals surface area (Å²) in [6, 6.07) is 87.4. The van der Waals surface area contributed by atoms with Crippen LogP contribution in [0.2, 0.25) is 0 Å². The molecule has 1 aliphatic rings. The molecule has 3 heteroatoms. The zero-order valence-corrected chi connectivity index (χ0v) is 36.4. The van der Waals surface area contributed by atoms with Crippen LogP contribution in [0.15, 0.2) is 243 Å². The van der Waals surface area contributed by atoms with Gasteiger partial charge in [0, 0.05) is 0 Å². The third-order valence-electron chi connectivity index (χ3n) is 10.5. The van der Waals surface area contributed by atoms with Crippen molar-refractivity contribution in [2.45, 2.75) is 0 Å². The van der Waals surface area contributed by atoms with Crippen molar-refractivity contribution in [3.63, 3.8) is 0 Å². The van der Waals surface area contributed by atoms with Crippen LogP contribution in [0.3, 0.4) is 0 Å². The average Bonchev–Trinajstić information content (AvgIpc) is 3.62. The monoisotopic (exact) mass is 848 g/mol. The first-order chi connectivity index (χ1) is 29.3. The summed E-state index contributed by atoms with van der Waals surface area (Å²) in [5.41, 5.74) is 15.4. The maximum absolute atomic E-state index is 4.33. The molecule has 278 valence electrons. The van der Waals surface area contributed by atoms with Crippen LogP contribution in [0.5, 0.6) is 0 Å². The number of rotatable bonds is 8. The molecule has 0 nitrogen and oxygen atoms in total. The molecule has 8 aromatic rings. The van der Waals surface area contributed by atoms with Gasteiger partial charge in [-0.1, -0.05) is 0 Å². The molecule has 0 saturated heterocycles. The molecule has 0 spiro atoms. The molecule has 0 unspecified atom stereocenters. The fourth-order valence-electron chi connectivity index (χ4n) is 7.89. The van der Waals surface area contributed by atoms with Crippen LogP contribution in [0.1, 0.15) is 22.3 Å². The molecule has 0 fully saturated rings. The van der Waals surface area contributed by atoms with Crippen molar-refractivity contribution in [1.82, 2.24) is 0 Å². The molecule has 0 bridgehead atoms. The van der Waals surface area contributed by atoms with Crippen LogP contribution < -0.4 is 21.2 Å². The normalized spacial score (nSPS) is 13.1. The Morgan fingerprint density at radius 1 is 0.254 bits per heavy atom. The number of hydrogen-bond donors (Lipinski definition) is 0. The van der Waals surface area contributed by atoms with E-state index in [1.54, 1.807) is 0 Å². The van der Waals surface area contributed by atoms with Gasteiger partial charge in [0.25, 0.3) is 0 Å². The summed E-state index contributed by atoms with van der Waals surface area (Å²) in [5.74, 6) is 0. The first-order valence-electron chi connectivity index (χ1n) is 19.9. The van der Waals surface area contributed by atoms with Gasteiger partial charge in [-0.3, -0.25) is 0 Å². The summed E-state index contributed by atoms with van der Waals surface area (Å²) < 4.78 is 11.3. The minimum absolute atomic E-state index is 1.05. The Morgan fingerprint density at radius 3 is 0.729 bits per heavy atom. The van der Waals surface area contributed by atoms with Crippen molar-refractivity contribution in [1.29, 1.82) is 0 Å². The summed E-state index contributed by atoms with van der Waals surface area (Å²) >= 11 is -4.29. The van der Waals surface area contributed by atoms with Crippen molar-refractivity contribution in [2.24, 2.45) is 0 Å². The summed E-state index contributed by atoms with van der Waals surface area (Å²) in [6.45, 7) is 0. The molecule has 0 saturated carbocycles. The molecule has 59 heavy (non-hydrogen) atoms. The van der Waals surface area contributed by atoms with Crippen molar-refractivity contribution in [2.75, 3.05) is 0 Å². The molecule has 9 rings (SSSR count). The molecular formula is C56H40GeP2. The van der Waals surface area contributed by atoms with E-state index in [4.69, 9.17) is 0 Å². The van der Waals surface area contributed by atoms with E-state index in [2.05, 4.69) is 263 Å². The maximum atomic E-state index is 4.33. The Labute approximate surface area is 353 Å². The number of benzene rings is 8. The second-order valence-corrected chi connectivity index (χ2v) is 24.3. The van der Waals surface area contributed by atoms with E-state index in [1.807, 2.05) is 0 Å². The topological polar surface area (TPSA) is 0 Å². The molecule has 1 heterocycles. The second-order valence-electron chi connectivity index (χ2n) is 14.2. The molecule has 0 N–H and O–H groups in total. The van der Waals surface area contributed by atoms with Crippen molar-refractivity contribution < 1.29 is 0 Å². The summed E-state index contributed by atoms with van der Waals surface area (Å²) in [5, 5.41) is 4.95. The SMILES string of the molecule is C(#[C][Ge]1([C]#CP(c2ccccc2)c2ccccc2)[C](c2ccccc2)=C(c2ccccc2)C(c2ccccc2)=[C]1c1ccccc1)P(c1ccccc1)c1ccccc1. The Balaban J connectivity index is 1.47. The van der Waals surface area contributed by atoms with E-state index >= 15 is 0 Å². The molecule has 0 amide bonds. The van der Waals surface area contributed by atoms with Crippen LogP contribution in [0, 0.1) is 20.8 Å². The van der Waals surface area contributed by atoms with Crippen molar-refractivity contribution >= 4 is 70.3 Å². The molecule has 0 aromatic heterocycles. The average molecular weight is 847 g/mol. The summed E-state index contributed by atoms with van der Waals surface area (Å²) in [7, 11) is -2.09. The van der Waals surface area contributed by atoms with E-state index < -0.39 is 29.1 Å². The van der Waals surface area contributed by atoms with Gasteiger partial charge in [-0.2, -0.15) is 0 Å². The summed E-state index contributed by atoms with van der Waals surface area (Å²) in [6.07, 6.45) is 0. The van der Waals surface area contributed by atoms with Gasteiger partial charge in [-0.15, -0.1) is 0 Å². The molecule has 8 aromatic carbocycles. The molecular weight excluding hydrogens is 807 g/mol. The molecule has 0 aliphatic carbocycles. The van der Waals surface area contributed by atoms with E-state index in [-0.39, 0.29) is 0 Å². The Bertz CT molecular complexity index is 2560. The first kappa shape index (κ1) is 38.3.